The summed E-state index contributed by atoms with van der Waals surface area (Å²) in [4.78, 5) is 25.9. The van der Waals surface area contributed by atoms with Gasteiger partial charge in [-0.2, -0.15) is 8.42 Å². The minimum atomic E-state index is -4.25. The Morgan fingerprint density at radius 1 is 0.879 bits per heavy atom. The fraction of sp³-hybridized carbons (Fsp3) is 0.167. The summed E-state index contributed by atoms with van der Waals surface area (Å²) in [5.41, 5.74) is 0.615. The van der Waals surface area contributed by atoms with Crippen LogP contribution in [0.3, 0.4) is 0 Å². The van der Waals surface area contributed by atoms with Crippen molar-refractivity contribution >= 4 is 27.7 Å². The number of likely N-dealkylation sites (N-methyl/N-ethyl adjacent to an activating group) is 1. The topological polar surface area (TPSA) is 99.2 Å². The number of esters is 1. The molecule has 0 bridgehead atoms. The van der Waals surface area contributed by atoms with Gasteiger partial charge in [0.05, 0.1) is 12.2 Å². The number of nitrogens with zero attached hydrogens (tertiary/aromatic N) is 1. The average molecular weight is 470 g/mol. The number of ether oxygens (including phenoxy) is 2. The third kappa shape index (κ3) is 6.11. The summed E-state index contributed by atoms with van der Waals surface area (Å²) in [5.74, 6) is -0.965. The molecule has 0 saturated carbocycles. The van der Waals surface area contributed by atoms with Crippen molar-refractivity contribution in [3.05, 3.63) is 84.4 Å². The van der Waals surface area contributed by atoms with Crippen LogP contribution < -0.4 is 13.8 Å². The van der Waals surface area contributed by atoms with E-state index in [1.165, 1.54) is 29.2 Å². The fourth-order valence-corrected chi connectivity index (χ4v) is 3.83. The summed E-state index contributed by atoms with van der Waals surface area (Å²) in [6, 6.07) is 20.5. The minimum Gasteiger partial charge on any atom is -0.490 e. The van der Waals surface area contributed by atoms with E-state index in [-0.39, 0.29) is 22.0 Å². The first-order valence-electron chi connectivity index (χ1n) is 10.1. The quantitative estimate of drug-likeness (QED) is 0.348. The first-order valence-corrected chi connectivity index (χ1v) is 11.5. The number of hydrogen-bond acceptors (Lipinski definition) is 7. The Morgan fingerprint density at radius 3 is 2.24 bits per heavy atom. The predicted molar refractivity (Wildman–Crippen MR) is 122 cm³/mol. The molecule has 0 aliphatic rings. The number of hydrogen-bond donors (Lipinski definition) is 0. The fourth-order valence-electron chi connectivity index (χ4n) is 2.84. The van der Waals surface area contributed by atoms with E-state index >= 15 is 0 Å². The highest BCUT2D eigenvalue weighted by atomic mass is 32.2. The lowest BCUT2D eigenvalue weighted by Gasteiger charge is -2.17. The van der Waals surface area contributed by atoms with Crippen molar-refractivity contribution in [3.8, 4) is 11.5 Å². The van der Waals surface area contributed by atoms with E-state index in [0.717, 1.165) is 6.07 Å². The maximum atomic E-state index is 12.8. The molecule has 33 heavy (non-hydrogen) atoms. The Kier molecular flexibility index (Phi) is 7.68. The molecule has 0 aromatic heterocycles. The van der Waals surface area contributed by atoms with Gasteiger partial charge in [0.2, 0.25) is 0 Å². The zero-order valence-corrected chi connectivity index (χ0v) is 18.9. The van der Waals surface area contributed by atoms with Crippen LogP contribution in [0.15, 0.2) is 83.8 Å². The lowest BCUT2D eigenvalue weighted by molar-refractivity contribution is -0.121. The van der Waals surface area contributed by atoms with Gasteiger partial charge in [-0.1, -0.05) is 36.4 Å². The standard InChI is InChI=1S/C24H23NO7S/c1-3-30-21-14-7-8-15-22(21)32-33(28,29)20-13-9-10-18(16-20)24(27)31-17-23(26)25(2)19-11-5-4-6-12-19/h4-16H,3,17H2,1-2H3. The maximum Gasteiger partial charge on any atom is 0.339 e. The second-order valence-electron chi connectivity index (χ2n) is 6.81. The number of carbonyl (C=O) groups excluding carboxylic acids is 2. The van der Waals surface area contributed by atoms with E-state index < -0.39 is 28.6 Å². The summed E-state index contributed by atoms with van der Waals surface area (Å²) in [6.45, 7) is 1.60. The summed E-state index contributed by atoms with van der Waals surface area (Å²) in [7, 11) is -2.69. The first-order chi connectivity index (χ1) is 15.8. The van der Waals surface area contributed by atoms with E-state index in [9.17, 15) is 18.0 Å². The van der Waals surface area contributed by atoms with Gasteiger partial charge in [0.25, 0.3) is 5.91 Å². The molecule has 9 heteroatoms. The summed E-state index contributed by atoms with van der Waals surface area (Å²) in [5, 5.41) is 0. The zero-order chi connectivity index (χ0) is 23.8. The molecule has 0 aliphatic heterocycles. The monoisotopic (exact) mass is 469 g/mol. The second kappa shape index (κ2) is 10.6. The van der Waals surface area contributed by atoms with Crippen molar-refractivity contribution in [2.45, 2.75) is 11.8 Å². The number of benzene rings is 3. The third-order valence-electron chi connectivity index (χ3n) is 4.55. The summed E-state index contributed by atoms with van der Waals surface area (Å²) >= 11 is 0. The van der Waals surface area contributed by atoms with Crippen LogP contribution in [0.1, 0.15) is 17.3 Å². The molecule has 3 rings (SSSR count). The van der Waals surface area contributed by atoms with Gasteiger partial charge in [0.1, 0.15) is 4.90 Å². The molecule has 0 fully saturated rings. The van der Waals surface area contributed by atoms with E-state index in [2.05, 4.69) is 0 Å². The zero-order valence-electron chi connectivity index (χ0n) is 18.1. The number of anilines is 1. The molecule has 0 heterocycles. The Bertz CT molecular complexity index is 1230. The second-order valence-corrected chi connectivity index (χ2v) is 8.36. The van der Waals surface area contributed by atoms with E-state index in [0.29, 0.717) is 12.3 Å². The maximum absolute atomic E-state index is 12.8. The van der Waals surface area contributed by atoms with Crippen LogP contribution in [0, 0.1) is 0 Å². The van der Waals surface area contributed by atoms with Crippen molar-refractivity contribution in [3.63, 3.8) is 0 Å². The number of carbonyl (C=O) groups is 2. The van der Waals surface area contributed by atoms with Gasteiger partial charge >= 0.3 is 16.1 Å². The molecule has 0 spiro atoms. The van der Waals surface area contributed by atoms with Crippen LogP contribution in [0.5, 0.6) is 11.5 Å². The van der Waals surface area contributed by atoms with Crippen LogP contribution in [0.4, 0.5) is 5.69 Å². The van der Waals surface area contributed by atoms with Gasteiger partial charge in [0, 0.05) is 12.7 Å². The molecule has 1 amide bonds. The van der Waals surface area contributed by atoms with Gasteiger partial charge in [-0.3, -0.25) is 4.79 Å². The van der Waals surface area contributed by atoms with Gasteiger partial charge in [-0.25, -0.2) is 4.79 Å². The molecular formula is C24H23NO7S. The molecule has 0 saturated heterocycles. The van der Waals surface area contributed by atoms with Crippen molar-refractivity contribution in [2.75, 3.05) is 25.2 Å². The molecule has 0 aliphatic carbocycles. The lowest BCUT2D eigenvalue weighted by atomic mass is 10.2. The smallest absolute Gasteiger partial charge is 0.339 e. The van der Waals surface area contributed by atoms with Crippen molar-refractivity contribution < 1.29 is 31.7 Å². The Balaban J connectivity index is 1.69. The van der Waals surface area contributed by atoms with Crippen LogP contribution in [-0.4, -0.2) is 40.6 Å². The molecule has 8 nitrogen and oxygen atoms in total. The van der Waals surface area contributed by atoms with E-state index in [4.69, 9.17) is 13.7 Å². The SMILES string of the molecule is CCOc1ccccc1OS(=O)(=O)c1cccc(C(=O)OCC(=O)N(C)c2ccccc2)c1. The van der Waals surface area contributed by atoms with Gasteiger partial charge < -0.3 is 18.6 Å². The molecule has 3 aromatic rings. The molecule has 172 valence electrons. The molecule has 0 unspecified atom stereocenters. The third-order valence-corrected chi connectivity index (χ3v) is 5.78. The minimum absolute atomic E-state index is 0.0295. The van der Waals surface area contributed by atoms with E-state index in [1.54, 1.807) is 56.4 Å². The Morgan fingerprint density at radius 2 is 1.55 bits per heavy atom. The number of para-hydroxylation sites is 3. The molecule has 0 radical (unpaired) electrons. The molecule has 0 atom stereocenters. The van der Waals surface area contributed by atoms with Crippen molar-refractivity contribution in [2.24, 2.45) is 0 Å². The first kappa shape index (κ1) is 23.8. The largest absolute Gasteiger partial charge is 0.490 e. The number of amides is 1. The lowest BCUT2D eigenvalue weighted by Crippen LogP contribution is -2.31. The Labute approximate surface area is 192 Å². The Hall–Kier alpha value is -3.85. The summed E-state index contributed by atoms with van der Waals surface area (Å²) in [6.07, 6.45) is 0. The summed E-state index contributed by atoms with van der Waals surface area (Å²) < 4.78 is 41.2. The highest BCUT2D eigenvalue weighted by molar-refractivity contribution is 7.87. The average Bonchev–Trinajstić information content (AvgIpc) is 2.83. The van der Waals surface area contributed by atoms with Crippen LogP contribution in [-0.2, 0) is 19.6 Å². The number of rotatable bonds is 9. The molecule has 3 aromatic carbocycles. The van der Waals surface area contributed by atoms with Crippen molar-refractivity contribution in [1.29, 1.82) is 0 Å². The predicted octanol–water partition coefficient (Wildman–Crippen LogP) is 3.67. The van der Waals surface area contributed by atoms with Gasteiger partial charge in [-0.05, 0) is 49.4 Å². The van der Waals surface area contributed by atoms with Crippen LogP contribution >= 0.6 is 0 Å². The van der Waals surface area contributed by atoms with Crippen molar-refractivity contribution in [1.82, 2.24) is 0 Å². The molecule has 0 N–H and O–H groups in total. The van der Waals surface area contributed by atoms with Crippen LogP contribution in [0.25, 0.3) is 0 Å². The van der Waals surface area contributed by atoms with Gasteiger partial charge in [-0.15, -0.1) is 0 Å². The highest BCUT2D eigenvalue weighted by Gasteiger charge is 2.22. The van der Waals surface area contributed by atoms with Gasteiger partial charge in [0.15, 0.2) is 18.1 Å². The van der Waals surface area contributed by atoms with E-state index in [1.807, 2.05) is 6.07 Å². The van der Waals surface area contributed by atoms with Crippen LogP contribution in [0.2, 0.25) is 0 Å². The molecular weight excluding hydrogens is 446 g/mol. The highest BCUT2D eigenvalue weighted by Crippen LogP contribution is 2.29. The normalized spacial score (nSPS) is 10.8.